The lowest BCUT2D eigenvalue weighted by molar-refractivity contribution is -0.192. The van der Waals surface area contributed by atoms with Crippen molar-refractivity contribution in [2.75, 3.05) is 18.1 Å². The Kier molecular flexibility index (Phi) is 9.14. The normalized spacial score (nSPS) is 18.6. The fourth-order valence-corrected chi connectivity index (χ4v) is 5.02. The van der Waals surface area contributed by atoms with Crippen LogP contribution in [-0.2, 0) is 19.2 Å². The van der Waals surface area contributed by atoms with E-state index in [4.69, 9.17) is 25.6 Å². The van der Waals surface area contributed by atoms with Crippen molar-refractivity contribution in [2.45, 2.75) is 17.6 Å². The van der Waals surface area contributed by atoms with E-state index < -0.39 is 52.9 Å². The highest BCUT2D eigenvalue weighted by molar-refractivity contribution is 8.00. The number of anilines is 1. The van der Waals surface area contributed by atoms with Crippen molar-refractivity contribution < 1.29 is 56.9 Å². The highest BCUT2D eigenvalue weighted by Crippen LogP contribution is 2.40. The molecule has 14 nitrogen and oxygen atoms in total. The Hall–Kier alpha value is -4.46. The molecule has 20 heteroatoms. The second kappa shape index (κ2) is 12.2. The first-order valence-electron chi connectivity index (χ1n) is 10.5. The number of β-lactam (4-membered cyclic amide) rings is 1. The molecule has 2 aliphatic rings. The number of nitrogens with two attached hydrogens (primary N) is 1. The second-order valence-electron chi connectivity index (χ2n) is 7.57. The number of nitrogens with one attached hydrogen (secondary N) is 1. The van der Waals surface area contributed by atoms with E-state index in [9.17, 15) is 37.1 Å². The summed E-state index contributed by atoms with van der Waals surface area (Å²) in [5, 5.41) is 30.6. The zero-order valence-electron chi connectivity index (χ0n) is 19.5. The lowest BCUT2D eigenvalue weighted by Gasteiger charge is -2.49. The van der Waals surface area contributed by atoms with Crippen LogP contribution >= 0.6 is 23.3 Å². The zero-order valence-corrected chi connectivity index (χ0v) is 21.1. The van der Waals surface area contributed by atoms with Crippen molar-refractivity contribution in [2.24, 2.45) is 5.16 Å². The number of halogens is 4. The summed E-state index contributed by atoms with van der Waals surface area (Å²) in [5.74, 6) is -5.98. The van der Waals surface area contributed by atoms with Gasteiger partial charge in [-0.25, -0.2) is 14.0 Å². The third-order valence-corrected chi connectivity index (χ3v) is 6.84. The Bertz CT molecular complexity index is 1400. The van der Waals surface area contributed by atoms with Crippen molar-refractivity contribution in [3.8, 4) is 5.75 Å². The number of rotatable bonds is 7. The first-order chi connectivity index (χ1) is 18.7. The quantitative estimate of drug-likeness (QED) is 0.0973. The summed E-state index contributed by atoms with van der Waals surface area (Å²) in [4.78, 5) is 50.8. The minimum atomic E-state index is -5.08. The maximum atomic E-state index is 13.3. The highest BCUT2D eigenvalue weighted by Gasteiger charge is 2.54. The van der Waals surface area contributed by atoms with Gasteiger partial charge in [-0.2, -0.15) is 22.5 Å². The maximum Gasteiger partial charge on any atom is 0.490 e. The number of hydrogen-bond donors (Lipinski definition) is 5. The second-order valence-corrected chi connectivity index (χ2v) is 9.46. The maximum absolute atomic E-state index is 13.3. The summed E-state index contributed by atoms with van der Waals surface area (Å²) in [6.45, 7) is -0.163. The lowest BCUT2D eigenvalue weighted by Crippen LogP contribution is -2.71. The van der Waals surface area contributed by atoms with Gasteiger partial charge in [-0.1, -0.05) is 11.2 Å². The molecule has 0 spiro atoms. The van der Waals surface area contributed by atoms with Crippen molar-refractivity contribution in [1.29, 1.82) is 0 Å². The molecule has 40 heavy (non-hydrogen) atoms. The number of carboxylic acids is 2. The van der Waals surface area contributed by atoms with E-state index in [1.54, 1.807) is 0 Å². The number of nitrogens with zero attached hydrogens (tertiary/aromatic N) is 4. The first-order valence-corrected chi connectivity index (χ1v) is 12.3. The van der Waals surface area contributed by atoms with Crippen LogP contribution in [0.2, 0.25) is 0 Å². The summed E-state index contributed by atoms with van der Waals surface area (Å²) >= 11 is 2.01. The number of carbonyl (C=O) groups excluding carboxylic acids is 2. The van der Waals surface area contributed by atoms with E-state index in [0.717, 1.165) is 22.5 Å². The number of aromatic nitrogens is 2. The van der Waals surface area contributed by atoms with Crippen molar-refractivity contribution >= 4 is 57.9 Å². The number of alkyl halides is 3. The summed E-state index contributed by atoms with van der Waals surface area (Å²) in [6.07, 6.45) is -5.08. The van der Waals surface area contributed by atoms with Crippen LogP contribution in [0.1, 0.15) is 5.82 Å². The Morgan fingerprint density at radius 3 is 2.48 bits per heavy atom. The average Bonchev–Trinajstić information content (AvgIpc) is 3.31. The van der Waals surface area contributed by atoms with Crippen LogP contribution in [0.25, 0.3) is 0 Å². The molecule has 0 saturated carbocycles. The van der Waals surface area contributed by atoms with Gasteiger partial charge in [0.05, 0.1) is 0 Å². The zero-order chi connectivity index (χ0) is 29.8. The van der Waals surface area contributed by atoms with Gasteiger partial charge in [0.15, 0.2) is 5.13 Å². The van der Waals surface area contributed by atoms with Gasteiger partial charge in [0.25, 0.3) is 11.8 Å². The first kappa shape index (κ1) is 30.1. The number of ether oxygens (including phenoxy) is 1. The van der Waals surface area contributed by atoms with E-state index in [-0.39, 0.29) is 34.8 Å². The molecule has 1 aromatic heterocycles. The molecule has 2 aromatic rings. The molecule has 2 amide bonds. The minimum Gasteiger partial charge on any atom is -0.489 e. The fourth-order valence-electron chi connectivity index (χ4n) is 3.25. The SMILES string of the molecule is Nc1nc(/C(=N/O)C(=O)NC2C(=O)N3C(C(=O)O)=C(COc4cccc(F)c4)CS[C@H]23)ns1.O=C(O)C(F)(F)F. The van der Waals surface area contributed by atoms with E-state index in [2.05, 4.69) is 19.8 Å². The minimum absolute atomic E-state index is 0.0527. The topological polar surface area (TPSA) is 218 Å². The highest BCUT2D eigenvalue weighted by atomic mass is 32.2. The van der Waals surface area contributed by atoms with Gasteiger partial charge in [-0.3, -0.25) is 14.5 Å². The monoisotopic (exact) mass is 608 g/mol. The molecule has 4 rings (SSSR count). The number of hydrogen-bond acceptors (Lipinski definition) is 12. The third-order valence-electron chi connectivity index (χ3n) is 4.96. The molecule has 0 radical (unpaired) electrons. The summed E-state index contributed by atoms with van der Waals surface area (Å²) in [5.41, 5.74) is 5.00. The molecule has 6 N–H and O–H groups in total. The van der Waals surface area contributed by atoms with E-state index >= 15 is 0 Å². The molecule has 214 valence electrons. The van der Waals surface area contributed by atoms with Gasteiger partial charge in [-0.15, -0.1) is 11.8 Å². The number of thioether (sulfide) groups is 1. The summed E-state index contributed by atoms with van der Waals surface area (Å²) in [6, 6.07) is 4.32. The number of amides is 2. The predicted octanol–water partition coefficient (Wildman–Crippen LogP) is 0.889. The summed E-state index contributed by atoms with van der Waals surface area (Å²) in [7, 11) is 0. The molecule has 1 fully saturated rings. The number of oxime groups is 1. The Morgan fingerprint density at radius 1 is 1.27 bits per heavy atom. The predicted molar refractivity (Wildman–Crippen MR) is 128 cm³/mol. The average molecular weight is 609 g/mol. The van der Waals surface area contributed by atoms with Crippen LogP contribution in [0.5, 0.6) is 5.75 Å². The van der Waals surface area contributed by atoms with Crippen molar-refractivity contribution in [3.63, 3.8) is 0 Å². The van der Waals surface area contributed by atoms with Gasteiger partial charge in [0, 0.05) is 28.9 Å². The van der Waals surface area contributed by atoms with Crippen molar-refractivity contribution in [3.05, 3.63) is 47.2 Å². The van der Waals surface area contributed by atoms with E-state index in [0.29, 0.717) is 5.57 Å². The molecule has 2 atom stereocenters. The molecule has 2 aliphatic heterocycles. The van der Waals surface area contributed by atoms with Gasteiger partial charge < -0.3 is 31.2 Å². The van der Waals surface area contributed by atoms with Crippen LogP contribution in [0.4, 0.5) is 22.7 Å². The molecular weight excluding hydrogens is 592 g/mol. The van der Waals surface area contributed by atoms with Crippen LogP contribution < -0.4 is 15.8 Å². The van der Waals surface area contributed by atoms with Gasteiger partial charge in [-0.05, 0) is 12.1 Å². The molecular formula is C20H16F4N6O8S2. The molecule has 1 unspecified atom stereocenters. The fraction of sp³-hybridized carbons (Fsp3) is 0.250. The molecule has 1 saturated heterocycles. The van der Waals surface area contributed by atoms with Crippen LogP contribution in [-0.4, -0.2) is 89.1 Å². The number of nitrogen functional groups attached to an aromatic ring is 1. The van der Waals surface area contributed by atoms with Crippen molar-refractivity contribution in [1.82, 2.24) is 19.6 Å². The molecule has 3 heterocycles. The van der Waals surface area contributed by atoms with Crippen LogP contribution in [0.3, 0.4) is 0 Å². The number of benzene rings is 1. The number of aliphatic carboxylic acids is 2. The molecule has 0 aliphatic carbocycles. The Morgan fingerprint density at radius 2 is 1.95 bits per heavy atom. The van der Waals surface area contributed by atoms with Gasteiger partial charge in [0.1, 0.15) is 35.3 Å². The largest absolute Gasteiger partial charge is 0.490 e. The lowest BCUT2D eigenvalue weighted by atomic mass is 10.0. The third kappa shape index (κ3) is 6.75. The summed E-state index contributed by atoms with van der Waals surface area (Å²) < 4.78 is 54.3. The standard InChI is InChI=1S/C18H15FN6O6S2.C2HF3O2/c19-8-2-1-3-9(4-8)31-5-7-6-32-16-11(15(27)25(16)12(7)17(28)29)21-14(26)10(23-30)13-22-18(20)33-24-13;3-2(4,5)1(6)7/h1-4,11,16,30H,5-6H2,(H,21,26)(H,28,29)(H2,20,22,24);(H,6,7)/b23-10-;/t11?,16-;/m1./s1. The number of carbonyl (C=O) groups is 4. The van der Waals surface area contributed by atoms with Gasteiger partial charge >= 0.3 is 18.1 Å². The number of carboxylic acid groups (broad SMARTS) is 2. The van der Waals surface area contributed by atoms with Crippen LogP contribution in [0, 0.1) is 5.82 Å². The number of fused-ring (bicyclic) bond motifs is 1. The molecule has 0 bridgehead atoms. The van der Waals surface area contributed by atoms with Crippen LogP contribution in [0.15, 0.2) is 40.7 Å². The smallest absolute Gasteiger partial charge is 0.489 e. The Labute approximate surface area is 228 Å². The van der Waals surface area contributed by atoms with E-state index in [1.807, 2.05) is 0 Å². The molecule has 1 aromatic carbocycles. The van der Waals surface area contributed by atoms with Gasteiger partial charge in [0.2, 0.25) is 11.5 Å². The Balaban J connectivity index is 0.000000559. The van der Waals surface area contributed by atoms with E-state index in [1.165, 1.54) is 30.0 Å².